The van der Waals surface area contributed by atoms with E-state index < -0.39 is 59.9 Å². The Hall–Kier alpha value is -1.72. The van der Waals surface area contributed by atoms with Crippen LogP contribution in [0.5, 0.6) is 0 Å². The molecule has 1 aromatic rings. The Labute approximate surface area is 165 Å². The summed E-state index contributed by atoms with van der Waals surface area (Å²) >= 11 is 0. The Morgan fingerprint density at radius 3 is 2.21 bits per heavy atom. The van der Waals surface area contributed by atoms with Crippen LogP contribution in [0.2, 0.25) is 0 Å². The van der Waals surface area contributed by atoms with Crippen LogP contribution in [-0.2, 0) is 34.7 Å². The Morgan fingerprint density at radius 2 is 1.52 bits per heavy atom. The first-order valence-electron chi connectivity index (χ1n) is 9.20. The molecule has 5 atom stereocenters. The number of carbonyl (C=O) groups excluding carboxylic acids is 1. The average molecular weight is 417 g/mol. The van der Waals surface area contributed by atoms with Gasteiger partial charge in [-0.25, -0.2) is 0 Å². The molecule has 160 valence electrons. The number of para-hydroxylation sites is 1. The molecule has 4 rings (SSSR count). The number of amides is 1. The highest BCUT2D eigenvalue weighted by atomic mass is 19.4. The van der Waals surface area contributed by atoms with Crippen LogP contribution in [0.3, 0.4) is 0 Å². The van der Waals surface area contributed by atoms with E-state index in [-0.39, 0.29) is 5.69 Å². The minimum Gasteiger partial charge on any atom is -0.342 e. The molecule has 3 heterocycles. The molecule has 3 fully saturated rings. The monoisotopic (exact) mass is 417 g/mol. The molecule has 0 spiro atoms. The Bertz CT molecular complexity index is 811. The number of anilines is 1. The highest BCUT2D eigenvalue weighted by Gasteiger charge is 2.62. The number of nitrogens with one attached hydrogen (secondary N) is 1. The van der Waals surface area contributed by atoms with Crippen LogP contribution in [0.25, 0.3) is 0 Å². The van der Waals surface area contributed by atoms with Crippen molar-refractivity contribution in [1.82, 2.24) is 0 Å². The third-order valence-corrected chi connectivity index (χ3v) is 4.90. The van der Waals surface area contributed by atoms with Crippen molar-refractivity contribution in [2.75, 3.05) is 5.32 Å². The standard InChI is InChI=1S/C19H22F3NO6/c1-17(2)26-11-12(27-17)14-16(29-18(3,4)28-14)25-13(11)15(24)23-10-8-6-5-7-9(10)19(20,21)22/h5-8,11-14,16H,1-4H3,(H,23,24)/t11-,12+,13+,14+,16-/m1/s1. The second-order valence-electron chi connectivity index (χ2n) is 8.12. The number of carbonyl (C=O) groups is 1. The molecule has 3 aliphatic heterocycles. The van der Waals surface area contributed by atoms with E-state index >= 15 is 0 Å². The van der Waals surface area contributed by atoms with Crippen molar-refractivity contribution in [2.45, 2.75) is 76.2 Å². The number of ether oxygens (including phenoxy) is 5. The lowest BCUT2D eigenvalue weighted by atomic mass is 9.98. The fraction of sp³-hybridized carbons (Fsp3) is 0.632. The van der Waals surface area contributed by atoms with Crippen molar-refractivity contribution in [3.05, 3.63) is 29.8 Å². The maximum absolute atomic E-state index is 13.3. The SMILES string of the molecule is CC1(C)O[C@H]2O[C@H](C(=O)Nc3ccccc3C(F)(F)F)[C@@H]3OC(C)(C)O[C@@H]3[C@@H]2O1. The molecule has 3 aliphatic rings. The summed E-state index contributed by atoms with van der Waals surface area (Å²) in [6.07, 6.45) is -8.98. The highest BCUT2D eigenvalue weighted by Crippen LogP contribution is 2.44. The molecular weight excluding hydrogens is 395 g/mol. The van der Waals surface area contributed by atoms with E-state index in [4.69, 9.17) is 23.7 Å². The number of fused-ring (bicyclic) bond motifs is 3. The number of benzene rings is 1. The van der Waals surface area contributed by atoms with Crippen LogP contribution in [0, 0.1) is 0 Å². The molecule has 0 saturated carbocycles. The van der Waals surface area contributed by atoms with Gasteiger partial charge in [0.25, 0.3) is 5.91 Å². The van der Waals surface area contributed by atoms with Gasteiger partial charge >= 0.3 is 6.18 Å². The van der Waals surface area contributed by atoms with Crippen molar-refractivity contribution in [3.8, 4) is 0 Å². The smallest absolute Gasteiger partial charge is 0.342 e. The van der Waals surface area contributed by atoms with Gasteiger partial charge in [-0.1, -0.05) is 12.1 Å². The van der Waals surface area contributed by atoms with Crippen LogP contribution in [-0.4, -0.2) is 48.2 Å². The predicted octanol–water partition coefficient (Wildman–Crippen LogP) is 3.04. The summed E-state index contributed by atoms with van der Waals surface area (Å²) in [5, 5.41) is 2.31. The minimum absolute atomic E-state index is 0.366. The second-order valence-corrected chi connectivity index (χ2v) is 8.12. The van der Waals surface area contributed by atoms with Gasteiger partial charge in [0.15, 0.2) is 24.0 Å². The van der Waals surface area contributed by atoms with Gasteiger partial charge in [-0.2, -0.15) is 13.2 Å². The summed E-state index contributed by atoms with van der Waals surface area (Å²) in [5.41, 5.74) is -1.32. The third kappa shape index (κ3) is 3.87. The molecule has 0 unspecified atom stereocenters. The molecule has 3 saturated heterocycles. The first-order valence-corrected chi connectivity index (χ1v) is 9.20. The Morgan fingerprint density at radius 1 is 0.931 bits per heavy atom. The highest BCUT2D eigenvalue weighted by molar-refractivity contribution is 5.95. The number of hydrogen-bond donors (Lipinski definition) is 1. The maximum atomic E-state index is 13.3. The van der Waals surface area contributed by atoms with E-state index in [0.717, 1.165) is 6.07 Å². The summed E-state index contributed by atoms with van der Waals surface area (Å²) in [4.78, 5) is 12.9. The fourth-order valence-corrected chi connectivity index (χ4v) is 3.87. The molecule has 0 aliphatic carbocycles. The summed E-state index contributed by atoms with van der Waals surface area (Å²) in [6, 6.07) is 4.72. The molecule has 29 heavy (non-hydrogen) atoms. The Balaban J connectivity index is 1.60. The number of halogens is 3. The number of hydrogen-bond acceptors (Lipinski definition) is 6. The van der Waals surface area contributed by atoms with Gasteiger partial charge in [0.2, 0.25) is 0 Å². The second kappa shape index (κ2) is 6.64. The number of alkyl halides is 3. The van der Waals surface area contributed by atoms with E-state index in [1.165, 1.54) is 18.2 Å². The third-order valence-electron chi connectivity index (χ3n) is 4.90. The molecular formula is C19H22F3NO6. The zero-order valence-corrected chi connectivity index (χ0v) is 16.3. The van der Waals surface area contributed by atoms with Crippen molar-refractivity contribution < 1.29 is 41.7 Å². The van der Waals surface area contributed by atoms with Gasteiger partial charge in [0, 0.05) is 0 Å². The van der Waals surface area contributed by atoms with Gasteiger partial charge in [-0.05, 0) is 39.8 Å². The van der Waals surface area contributed by atoms with Crippen molar-refractivity contribution >= 4 is 11.6 Å². The van der Waals surface area contributed by atoms with E-state index in [9.17, 15) is 18.0 Å². The van der Waals surface area contributed by atoms with Crippen LogP contribution in [0.1, 0.15) is 33.3 Å². The molecule has 10 heteroatoms. The van der Waals surface area contributed by atoms with E-state index in [2.05, 4.69) is 5.32 Å². The van der Waals surface area contributed by atoms with Crippen LogP contribution < -0.4 is 5.32 Å². The molecule has 7 nitrogen and oxygen atoms in total. The van der Waals surface area contributed by atoms with Gasteiger partial charge in [-0.15, -0.1) is 0 Å². The lowest BCUT2D eigenvalue weighted by Crippen LogP contribution is -2.58. The van der Waals surface area contributed by atoms with Crippen LogP contribution in [0.15, 0.2) is 24.3 Å². The van der Waals surface area contributed by atoms with Gasteiger partial charge < -0.3 is 29.0 Å². The van der Waals surface area contributed by atoms with Crippen molar-refractivity contribution in [2.24, 2.45) is 0 Å². The lowest BCUT2D eigenvalue weighted by Gasteiger charge is -2.36. The predicted molar refractivity (Wildman–Crippen MR) is 92.6 cm³/mol. The van der Waals surface area contributed by atoms with Crippen LogP contribution >= 0.6 is 0 Å². The van der Waals surface area contributed by atoms with E-state index in [1.807, 2.05) is 0 Å². The van der Waals surface area contributed by atoms with Gasteiger partial charge in [0.05, 0.1) is 11.3 Å². The van der Waals surface area contributed by atoms with Gasteiger partial charge in [-0.3, -0.25) is 4.79 Å². The number of rotatable bonds is 2. The van der Waals surface area contributed by atoms with Crippen molar-refractivity contribution in [3.63, 3.8) is 0 Å². The first kappa shape index (κ1) is 20.5. The molecule has 0 aromatic heterocycles. The van der Waals surface area contributed by atoms with Crippen molar-refractivity contribution in [1.29, 1.82) is 0 Å². The quantitative estimate of drug-likeness (QED) is 0.797. The minimum atomic E-state index is -4.62. The molecule has 0 bridgehead atoms. The van der Waals surface area contributed by atoms with Gasteiger partial charge in [0.1, 0.15) is 18.3 Å². The molecule has 0 radical (unpaired) electrons. The first-order chi connectivity index (χ1) is 13.4. The molecule has 1 aromatic carbocycles. The molecule has 1 N–H and O–H groups in total. The zero-order valence-electron chi connectivity index (χ0n) is 16.3. The maximum Gasteiger partial charge on any atom is 0.418 e. The lowest BCUT2D eigenvalue weighted by molar-refractivity contribution is -0.229. The average Bonchev–Trinajstić information content (AvgIpc) is 3.07. The normalized spacial score (nSPS) is 35.1. The van der Waals surface area contributed by atoms with Crippen LogP contribution in [0.4, 0.5) is 18.9 Å². The summed E-state index contributed by atoms with van der Waals surface area (Å²) in [5.74, 6) is -2.78. The summed E-state index contributed by atoms with van der Waals surface area (Å²) in [7, 11) is 0. The molecule has 1 amide bonds. The topological polar surface area (TPSA) is 75.3 Å². The zero-order chi connectivity index (χ0) is 21.2. The van der Waals surface area contributed by atoms with E-state index in [0.29, 0.717) is 0 Å². The van der Waals surface area contributed by atoms with E-state index in [1.54, 1.807) is 27.7 Å². The Kier molecular flexibility index (Phi) is 4.71. The fourth-order valence-electron chi connectivity index (χ4n) is 3.87. The summed E-state index contributed by atoms with van der Waals surface area (Å²) < 4.78 is 68.8. The summed E-state index contributed by atoms with van der Waals surface area (Å²) in [6.45, 7) is 6.74. The largest absolute Gasteiger partial charge is 0.418 e.